The molecule has 1 N–H and O–H groups in total. The van der Waals surface area contributed by atoms with Crippen molar-refractivity contribution in [2.24, 2.45) is 0 Å². The van der Waals surface area contributed by atoms with Crippen molar-refractivity contribution in [3.8, 4) is 5.75 Å². The van der Waals surface area contributed by atoms with Crippen molar-refractivity contribution in [2.75, 3.05) is 18.5 Å². The van der Waals surface area contributed by atoms with Crippen LogP contribution in [0.1, 0.15) is 12.5 Å². The lowest BCUT2D eigenvalue weighted by Gasteiger charge is -2.15. The minimum absolute atomic E-state index is 0.275. The molecular formula is C26H23ClN2O3S. The summed E-state index contributed by atoms with van der Waals surface area (Å²) in [5.41, 5.74) is 2.05. The van der Waals surface area contributed by atoms with E-state index in [1.165, 1.54) is 16.7 Å². The van der Waals surface area contributed by atoms with Gasteiger partial charge in [-0.25, -0.2) is 0 Å². The molecule has 4 rings (SSSR count). The van der Waals surface area contributed by atoms with Crippen LogP contribution >= 0.6 is 23.4 Å². The van der Waals surface area contributed by atoms with Crippen molar-refractivity contribution in [2.45, 2.75) is 18.2 Å². The van der Waals surface area contributed by atoms with Gasteiger partial charge in [-0.1, -0.05) is 53.7 Å². The first-order valence-electron chi connectivity index (χ1n) is 10.6. The SMILES string of the molecule is CCOc1ccc(NC2=C(Sc3ccc(Cl)cc3)C(=O)N(CCc3ccccc3)C2=O)cc1. The van der Waals surface area contributed by atoms with Gasteiger partial charge >= 0.3 is 0 Å². The van der Waals surface area contributed by atoms with E-state index in [2.05, 4.69) is 5.32 Å². The third-order valence-corrected chi connectivity index (χ3v) is 6.40. The molecule has 0 fully saturated rings. The van der Waals surface area contributed by atoms with E-state index in [9.17, 15) is 9.59 Å². The lowest BCUT2D eigenvalue weighted by Crippen LogP contribution is -2.34. The van der Waals surface area contributed by atoms with Crippen LogP contribution in [0.4, 0.5) is 5.69 Å². The van der Waals surface area contributed by atoms with Gasteiger partial charge in [0.15, 0.2) is 0 Å². The Morgan fingerprint density at radius 1 is 0.909 bits per heavy atom. The number of nitrogens with one attached hydrogen (secondary N) is 1. The zero-order chi connectivity index (χ0) is 23.2. The number of carbonyl (C=O) groups excluding carboxylic acids is 2. The number of thioether (sulfide) groups is 1. The smallest absolute Gasteiger partial charge is 0.278 e. The van der Waals surface area contributed by atoms with Gasteiger partial charge < -0.3 is 10.1 Å². The summed E-state index contributed by atoms with van der Waals surface area (Å²) in [7, 11) is 0. The molecule has 0 saturated carbocycles. The molecule has 0 spiro atoms. The molecule has 0 saturated heterocycles. The van der Waals surface area contributed by atoms with Gasteiger partial charge in [-0.2, -0.15) is 0 Å². The molecule has 2 amide bonds. The molecule has 1 aliphatic rings. The molecule has 33 heavy (non-hydrogen) atoms. The predicted molar refractivity (Wildman–Crippen MR) is 132 cm³/mol. The van der Waals surface area contributed by atoms with E-state index in [-0.39, 0.29) is 17.5 Å². The predicted octanol–water partition coefficient (Wildman–Crippen LogP) is 5.77. The van der Waals surface area contributed by atoms with E-state index < -0.39 is 0 Å². The van der Waals surface area contributed by atoms with Crippen LogP contribution in [0, 0.1) is 0 Å². The number of ether oxygens (including phenoxy) is 1. The Morgan fingerprint density at radius 3 is 2.27 bits per heavy atom. The summed E-state index contributed by atoms with van der Waals surface area (Å²) in [6, 6.07) is 24.3. The van der Waals surface area contributed by atoms with E-state index in [1.807, 2.05) is 73.7 Å². The second-order valence-corrected chi connectivity index (χ2v) is 8.86. The average Bonchev–Trinajstić information content (AvgIpc) is 3.05. The minimum Gasteiger partial charge on any atom is -0.494 e. The van der Waals surface area contributed by atoms with Crippen LogP contribution in [0.15, 0.2) is 94.4 Å². The van der Waals surface area contributed by atoms with Crippen molar-refractivity contribution >= 4 is 40.9 Å². The summed E-state index contributed by atoms with van der Waals surface area (Å²) in [4.78, 5) is 29.1. The second-order valence-electron chi connectivity index (χ2n) is 7.34. The molecule has 1 heterocycles. The van der Waals surface area contributed by atoms with Gasteiger partial charge in [0.1, 0.15) is 16.4 Å². The topological polar surface area (TPSA) is 58.6 Å². The van der Waals surface area contributed by atoms with Crippen LogP contribution in [0.3, 0.4) is 0 Å². The number of benzene rings is 3. The fourth-order valence-electron chi connectivity index (χ4n) is 3.41. The quantitative estimate of drug-likeness (QED) is 0.396. The number of anilines is 1. The van der Waals surface area contributed by atoms with E-state index >= 15 is 0 Å². The lowest BCUT2D eigenvalue weighted by molar-refractivity contribution is -0.137. The summed E-state index contributed by atoms with van der Waals surface area (Å²) < 4.78 is 5.49. The maximum atomic E-state index is 13.3. The van der Waals surface area contributed by atoms with E-state index in [0.29, 0.717) is 35.2 Å². The Hall–Kier alpha value is -3.22. The molecule has 0 bridgehead atoms. The summed E-state index contributed by atoms with van der Waals surface area (Å²) >= 11 is 7.26. The highest BCUT2D eigenvalue weighted by Gasteiger charge is 2.38. The highest BCUT2D eigenvalue weighted by Crippen LogP contribution is 2.36. The molecule has 1 aliphatic heterocycles. The Labute approximate surface area is 202 Å². The van der Waals surface area contributed by atoms with Crippen LogP contribution < -0.4 is 10.1 Å². The number of amides is 2. The van der Waals surface area contributed by atoms with E-state index in [4.69, 9.17) is 16.3 Å². The fourth-order valence-corrected chi connectivity index (χ4v) is 4.49. The number of hydrogen-bond donors (Lipinski definition) is 1. The Balaban J connectivity index is 1.59. The van der Waals surface area contributed by atoms with Gasteiger partial charge in [0, 0.05) is 22.2 Å². The van der Waals surface area contributed by atoms with Gasteiger partial charge in [0.05, 0.1) is 6.61 Å². The molecule has 3 aromatic rings. The Morgan fingerprint density at radius 2 is 1.61 bits per heavy atom. The van der Waals surface area contributed by atoms with Gasteiger partial charge in [0.2, 0.25) is 0 Å². The van der Waals surface area contributed by atoms with Crippen molar-refractivity contribution in [3.63, 3.8) is 0 Å². The van der Waals surface area contributed by atoms with Crippen LogP contribution in [0.5, 0.6) is 5.75 Å². The largest absolute Gasteiger partial charge is 0.494 e. The first-order chi connectivity index (χ1) is 16.0. The first-order valence-corrected chi connectivity index (χ1v) is 11.8. The molecule has 0 atom stereocenters. The summed E-state index contributed by atoms with van der Waals surface area (Å²) in [6.07, 6.45) is 0.591. The normalized spacial score (nSPS) is 13.6. The monoisotopic (exact) mass is 478 g/mol. The van der Waals surface area contributed by atoms with Gasteiger partial charge in [-0.05, 0) is 67.4 Å². The highest BCUT2D eigenvalue weighted by atomic mass is 35.5. The third-order valence-electron chi connectivity index (χ3n) is 5.06. The molecule has 0 radical (unpaired) electrons. The molecule has 0 aliphatic carbocycles. The number of imide groups is 1. The maximum absolute atomic E-state index is 13.3. The van der Waals surface area contributed by atoms with Crippen LogP contribution in [0.25, 0.3) is 0 Å². The molecule has 0 unspecified atom stereocenters. The molecule has 7 heteroatoms. The summed E-state index contributed by atoms with van der Waals surface area (Å²) in [5, 5.41) is 3.78. The van der Waals surface area contributed by atoms with Gasteiger partial charge in [0.25, 0.3) is 11.8 Å². The Bertz CT molecular complexity index is 1160. The first kappa shape index (κ1) is 23.0. The van der Waals surface area contributed by atoms with Crippen molar-refractivity contribution in [1.29, 1.82) is 0 Å². The van der Waals surface area contributed by atoms with Crippen LogP contribution in [-0.2, 0) is 16.0 Å². The average molecular weight is 479 g/mol. The number of carbonyl (C=O) groups is 2. The third kappa shape index (κ3) is 5.59. The number of halogens is 1. The zero-order valence-electron chi connectivity index (χ0n) is 18.1. The van der Waals surface area contributed by atoms with E-state index in [0.717, 1.165) is 16.2 Å². The number of nitrogens with zero attached hydrogens (tertiary/aromatic N) is 1. The lowest BCUT2D eigenvalue weighted by atomic mass is 10.1. The van der Waals surface area contributed by atoms with E-state index in [1.54, 1.807) is 12.1 Å². The molecule has 5 nitrogen and oxygen atoms in total. The number of hydrogen-bond acceptors (Lipinski definition) is 5. The summed E-state index contributed by atoms with van der Waals surface area (Å²) in [5.74, 6) is 0.108. The standard InChI is InChI=1S/C26H23ClN2O3S/c1-2-32-21-12-10-20(11-13-21)28-23-24(33-22-14-8-19(27)9-15-22)26(31)29(25(23)30)17-16-18-6-4-3-5-7-18/h3-15,28H,2,16-17H2,1H3. The highest BCUT2D eigenvalue weighted by molar-refractivity contribution is 8.04. The van der Waals surface area contributed by atoms with Gasteiger partial charge in [-0.3, -0.25) is 14.5 Å². The minimum atomic E-state index is -0.332. The molecule has 3 aromatic carbocycles. The number of rotatable bonds is 9. The zero-order valence-corrected chi connectivity index (χ0v) is 19.7. The molecule has 0 aromatic heterocycles. The van der Waals surface area contributed by atoms with Crippen LogP contribution in [-0.4, -0.2) is 29.9 Å². The second kappa shape index (κ2) is 10.6. The molecule has 168 valence electrons. The van der Waals surface area contributed by atoms with Crippen LogP contribution in [0.2, 0.25) is 5.02 Å². The summed E-state index contributed by atoms with van der Waals surface area (Å²) in [6.45, 7) is 2.80. The van der Waals surface area contributed by atoms with Crippen molar-refractivity contribution < 1.29 is 14.3 Å². The molecular weight excluding hydrogens is 456 g/mol. The maximum Gasteiger partial charge on any atom is 0.278 e. The van der Waals surface area contributed by atoms with Gasteiger partial charge in [-0.15, -0.1) is 0 Å². The fraction of sp³-hybridized carbons (Fsp3) is 0.154. The van der Waals surface area contributed by atoms with Crippen molar-refractivity contribution in [3.05, 3.63) is 100 Å². The Kier molecular flexibility index (Phi) is 7.37. The van der Waals surface area contributed by atoms with Crippen molar-refractivity contribution in [1.82, 2.24) is 4.90 Å².